The van der Waals surface area contributed by atoms with Gasteiger partial charge in [0.2, 0.25) is 11.5 Å². The van der Waals surface area contributed by atoms with Crippen LogP contribution in [0.15, 0.2) is 48.5 Å². The first-order valence-corrected chi connectivity index (χ1v) is 13.7. The molecule has 1 N–H and O–H groups in total. The van der Waals surface area contributed by atoms with Crippen molar-refractivity contribution in [1.29, 1.82) is 0 Å². The molecule has 3 atom stereocenters. The molecule has 3 fully saturated rings. The molecule has 2 amide bonds. The largest absolute Gasteiger partial charge is 0.380 e. The van der Waals surface area contributed by atoms with E-state index in [4.69, 9.17) is 9.47 Å². The van der Waals surface area contributed by atoms with Crippen LogP contribution in [-0.2, 0) is 42.4 Å². The Hall–Kier alpha value is -3.23. The fourth-order valence-electron chi connectivity index (χ4n) is 6.07. The fourth-order valence-corrected chi connectivity index (χ4v) is 6.07. The second kappa shape index (κ2) is 10.2. The average Bonchev–Trinajstić information content (AvgIpc) is 3.68. The van der Waals surface area contributed by atoms with E-state index in [1.54, 1.807) is 0 Å². The van der Waals surface area contributed by atoms with Crippen LogP contribution < -0.4 is 5.32 Å². The Morgan fingerprint density at radius 1 is 1.16 bits per heavy atom. The Kier molecular flexibility index (Phi) is 6.70. The van der Waals surface area contributed by atoms with Crippen molar-refractivity contribution in [2.45, 2.75) is 63.3 Å². The molecule has 0 aromatic heterocycles. The summed E-state index contributed by atoms with van der Waals surface area (Å²) in [6, 6.07) is 15.9. The van der Waals surface area contributed by atoms with Crippen molar-refractivity contribution in [3.8, 4) is 0 Å². The average molecular weight is 518 g/mol. The molecule has 0 radical (unpaired) electrons. The number of hydrogen-bond donors (Lipinski definition) is 1. The van der Waals surface area contributed by atoms with Crippen LogP contribution in [0.2, 0.25) is 0 Å². The Labute approximate surface area is 223 Å². The van der Waals surface area contributed by atoms with Gasteiger partial charge in [-0.25, -0.2) is 0 Å². The number of nitrogens with one attached hydrogen (secondary N) is 1. The van der Waals surface area contributed by atoms with Gasteiger partial charge >= 0.3 is 0 Å². The Morgan fingerprint density at radius 3 is 2.71 bits per heavy atom. The number of anilines is 1. The first-order chi connectivity index (χ1) is 18.5. The molecule has 8 heteroatoms. The summed E-state index contributed by atoms with van der Waals surface area (Å²) in [5.41, 5.74) is 1.71. The lowest BCUT2D eigenvalue weighted by Crippen LogP contribution is -2.48. The van der Waals surface area contributed by atoms with Gasteiger partial charge < -0.3 is 24.6 Å². The van der Waals surface area contributed by atoms with E-state index in [2.05, 4.69) is 12.2 Å². The number of carbonyl (C=O) groups is 3. The lowest BCUT2D eigenvalue weighted by atomic mass is 9.93. The molecule has 200 valence electrons. The zero-order valence-electron chi connectivity index (χ0n) is 21.9. The second-order valence-electron chi connectivity index (χ2n) is 11.1. The number of nitrogens with zero attached hydrogens (tertiary/aromatic N) is 2. The number of Topliss-reactive ketones (excluding diaryl/α,β-unsaturated/α-hetero) is 1. The molecule has 2 aliphatic carbocycles. The lowest BCUT2D eigenvalue weighted by molar-refractivity contribution is -0.149. The third-order valence-corrected chi connectivity index (χ3v) is 8.42. The number of rotatable bonds is 8. The number of benzene rings is 2. The zero-order valence-corrected chi connectivity index (χ0v) is 21.9. The lowest BCUT2D eigenvalue weighted by Gasteiger charge is -2.31. The summed E-state index contributed by atoms with van der Waals surface area (Å²) in [6.07, 6.45) is 4.42. The number of hydrogen-bond acceptors (Lipinski definition) is 6. The van der Waals surface area contributed by atoms with Crippen LogP contribution in [0.5, 0.6) is 0 Å². The topological polar surface area (TPSA) is 88.2 Å². The second-order valence-corrected chi connectivity index (χ2v) is 11.1. The van der Waals surface area contributed by atoms with Gasteiger partial charge in [0.15, 0.2) is 5.78 Å². The van der Waals surface area contributed by atoms with Crippen LogP contribution in [0.1, 0.15) is 49.3 Å². The Bertz CT molecular complexity index is 1220. The highest BCUT2D eigenvalue weighted by Gasteiger charge is 2.59. The van der Waals surface area contributed by atoms with Crippen molar-refractivity contribution in [2.24, 2.45) is 5.92 Å². The van der Waals surface area contributed by atoms with E-state index in [0.29, 0.717) is 24.6 Å². The van der Waals surface area contributed by atoms with Crippen molar-refractivity contribution >= 4 is 23.3 Å². The molecule has 2 saturated heterocycles. The van der Waals surface area contributed by atoms with Crippen LogP contribution in [0.3, 0.4) is 0 Å². The monoisotopic (exact) mass is 517 g/mol. The predicted octanol–water partition coefficient (Wildman–Crippen LogP) is 3.24. The molecule has 2 unspecified atom stereocenters. The molecular weight excluding hydrogens is 482 g/mol. The van der Waals surface area contributed by atoms with Crippen LogP contribution >= 0.6 is 0 Å². The number of carbonyl (C=O) groups excluding carboxylic acids is 3. The number of ether oxygens (including phenoxy) is 2. The van der Waals surface area contributed by atoms with Crippen molar-refractivity contribution < 1.29 is 23.9 Å². The van der Waals surface area contributed by atoms with Gasteiger partial charge in [0.05, 0.1) is 6.61 Å². The number of amides is 2. The van der Waals surface area contributed by atoms with Crippen molar-refractivity contribution in [2.75, 3.05) is 31.8 Å². The van der Waals surface area contributed by atoms with Crippen LogP contribution in [-0.4, -0.2) is 66.0 Å². The van der Waals surface area contributed by atoms with E-state index in [1.165, 1.54) is 4.90 Å². The maximum absolute atomic E-state index is 13.7. The van der Waals surface area contributed by atoms with Gasteiger partial charge in [-0.05, 0) is 61.8 Å². The van der Waals surface area contributed by atoms with Gasteiger partial charge in [-0.3, -0.25) is 14.4 Å². The molecule has 8 nitrogen and oxygen atoms in total. The summed E-state index contributed by atoms with van der Waals surface area (Å²) >= 11 is 0. The van der Waals surface area contributed by atoms with Gasteiger partial charge in [0.1, 0.15) is 13.3 Å². The van der Waals surface area contributed by atoms with Crippen LogP contribution in [0.25, 0.3) is 0 Å². The maximum Gasteiger partial charge on any atom is 0.269 e. The molecule has 4 aliphatic rings. The standard InChI is InChI=1S/C30H35N3O5/c1-20(22-9-10-22)33(16-21-6-3-2-4-7-21)28(35)17-32-19-38-30(29(32)36)26-12-11-24(14-23(26)15-27(30)34)31-25-8-5-13-37-18-25/h2-4,6-7,11-12,14,20,22,25,31H,5,8-10,13,15-19H2,1H3/t20-,25?,30?/m0/s1. The van der Waals surface area contributed by atoms with E-state index < -0.39 is 11.5 Å². The smallest absolute Gasteiger partial charge is 0.269 e. The predicted molar refractivity (Wildman–Crippen MR) is 141 cm³/mol. The van der Waals surface area contributed by atoms with Crippen molar-refractivity contribution in [3.63, 3.8) is 0 Å². The molecule has 2 aliphatic heterocycles. The van der Waals surface area contributed by atoms with Crippen LogP contribution in [0, 0.1) is 5.92 Å². The number of fused-ring (bicyclic) bond motifs is 2. The first kappa shape index (κ1) is 25.1. The summed E-state index contributed by atoms with van der Waals surface area (Å²) in [7, 11) is 0. The molecule has 1 saturated carbocycles. The molecule has 6 rings (SSSR count). The van der Waals surface area contributed by atoms with E-state index in [0.717, 1.165) is 49.1 Å². The molecule has 38 heavy (non-hydrogen) atoms. The van der Waals surface area contributed by atoms with E-state index in [-0.39, 0.29) is 43.5 Å². The third-order valence-electron chi connectivity index (χ3n) is 8.42. The summed E-state index contributed by atoms with van der Waals surface area (Å²) in [5.74, 6) is -0.333. The van der Waals surface area contributed by atoms with Gasteiger partial charge in [-0.1, -0.05) is 36.4 Å². The maximum atomic E-state index is 13.7. The number of ketones is 1. The third kappa shape index (κ3) is 4.60. The molecule has 1 spiro atoms. The molecular formula is C30H35N3O5. The summed E-state index contributed by atoms with van der Waals surface area (Å²) in [4.78, 5) is 43.8. The van der Waals surface area contributed by atoms with E-state index in [9.17, 15) is 14.4 Å². The Morgan fingerprint density at radius 2 is 1.97 bits per heavy atom. The van der Waals surface area contributed by atoms with E-state index >= 15 is 0 Å². The molecule has 0 bridgehead atoms. The normalized spacial score (nSPS) is 25.5. The van der Waals surface area contributed by atoms with Gasteiger partial charge in [0, 0.05) is 42.9 Å². The summed E-state index contributed by atoms with van der Waals surface area (Å²) in [6.45, 7) is 3.85. The highest BCUT2D eigenvalue weighted by molar-refractivity contribution is 6.15. The minimum Gasteiger partial charge on any atom is -0.380 e. The zero-order chi connectivity index (χ0) is 26.3. The molecule has 2 aromatic carbocycles. The van der Waals surface area contributed by atoms with Gasteiger partial charge in [0.25, 0.3) is 5.91 Å². The SMILES string of the molecule is C[C@@H](C1CC1)N(Cc1ccccc1)C(=O)CN1COC2(C(=O)Cc3cc(NC4CCCOC4)ccc32)C1=O. The highest BCUT2D eigenvalue weighted by atomic mass is 16.5. The van der Waals surface area contributed by atoms with Gasteiger partial charge in [-0.15, -0.1) is 0 Å². The summed E-state index contributed by atoms with van der Waals surface area (Å²) < 4.78 is 11.6. The quantitative estimate of drug-likeness (QED) is 0.541. The first-order valence-electron chi connectivity index (χ1n) is 13.7. The van der Waals surface area contributed by atoms with Crippen molar-refractivity contribution in [1.82, 2.24) is 9.80 Å². The van der Waals surface area contributed by atoms with Crippen molar-refractivity contribution in [3.05, 3.63) is 65.2 Å². The minimum absolute atomic E-state index is 0.0772. The highest BCUT2D eigenvalue weighted by Crippen LogP contribution is 2.43. The van der Waals surface area contributed by atoms with Gasteiger partial charge in [-0.2, -0.15) is 0 Å². The Balaban J connectivity index is 1.18. The molecule has 2 aromatic rings. The molecule has 2 heterocycles. The fraction of sp³-hybridized carbons (Fsp3) is 0.500. The minimum atomic E-state index is -1.64. The van der Waals surface area contributed by atoms with Crippen LogP contribution in [0.4, 0.5) is 5.69 Å². The summed E-state index contributed by atoms with van der Waals surface area (Å²) in [5, 5.41) is 3.48. The van der Waals surface area contributed by atoms with E-state index in [1.807, 2.05) is 53.4 Å².